The molecule has 0 atom stereocenters. The van der Waals surface area contributed by atoms with Crippen LogP contribution in [-0.2, 0) is 11.2 Å². The molecule has 6 nitrogen and oxygen atoms in total. The molecule has 0 bridgehead atoms. The molecule has 1 spiro atoms. The smallest absolute Gasteiger partial charge is 0.222 e. The predicted octanol–water partition coefficient (Wildman–Crippen LogP) is 1.94. The molecule has 2 fully saturated rings. The average molecular weight is 346 g/mol. The van der Waals surface area contributed by atoms with Crippen LogP contribution in [0.3, 0.4) is 0 Å². The first-order valence-corrected chi connectivity index (χ1v) is 9.53. The summed E-state index contributed by atoms with van der Waals surface area (Å²) < 4.78 is 0. The number of carbonyl (C=O) groups is 1. The fraction of sp³-hybridized carbons (Fsp3) is 0.737. The Morgan fingerprint density at radius 1 is 1.24 bits per heavy atom. The summed E-state index contributed by atoms with van der Waals surface area (Å²) in [7, 11) is 0. The van der Waals surface area contributed by atoms with E-state index in [0.29, 0.717) is 13.0 Å². The highest BCUT2D eigenvalue weighted by Crippen LogP contribution is 2.40. The van der Waals surface area contributed by atoms with Crippen molar-refractivity contribution in [2.75, 3.05) is 37.7 Å². The van der Waals surface area contributed by atoms with Gasteiger partial charge in [0, 0.05) is 50.8 Å². The van der Waals surface area contributed by atoms with E-state index in [1.165, 1.54) is 0 Å². The lowest BCUT2D eigenvalue weighted by Gasteiger charge is -2.47. The van der Waals surface area contributed by atoms with Gasteiger partial charge in [0.2, 0.25) is 5.91 Å². The normalized spacial score (nSPS) is 20.4. The molecule has 0 saturated carbocycles. The molecule has 2 saturated heterocycles. The maximum Gasteiger partial charge on any atom is 0.222 e. The second-order valence-corrected chi connectivity index (χ2v) is 7.56. The fourth-order valence-corrected chi connectivity index (χ4v) is 4.15. The zero-order chi connectivity index (χ0) is 17.9. The van der Waals surface area contributed by atoms with Crippen LogP contribution in [0.4, 0.5) is 5.82 Å². The number of aryl methyl sites for hydroxylation is 2. The fourth-order valence-electron chi connectivity index (χ4n) is 4.15. The predicted molar refractivity (Wildman–Crippen MR) is 97.5 cm³/mol. The number of carbonyl (C=O) groups excluding carboxylic acids is 1. The van der Waals surface area contributed by atoms with Crippen LogP contribution in [0.15, 0.2) is 6.07 Å². The van der Waals surface area contributed by atoms with Gasteiger partial charge in [-0.3, -0.25) is 4.79 Å². The van der Waals surface area contributed by atoms with Crippen LogP contribution in [0.1, 0.15) is 50.5 Å². The summed E-state index contributed by atoms with van der Waals surface area (Å²) in [6, 6.07) is 2.08. The summed E-state index contributed by atoms with van der Waals surface area (Å²) in [4.78, 5) is 25.5. The molecule has 0 aromatic carbocycles. The van der Waals surface area contributed by atoms with Crippen molar-refractivity contribution in [1.82, 2.24) is 14.9 Å². The molecular formula is C19H30N4O2. The minimum absolute atomic E-state index is 0.0500. The van der Waals surface area contributed by atoms with Crippen LogP contribution in [0.25, 0.3) is 0 Å². The third-order valence-corrected chi connectivity index (χ3v) is 5.63. The van der Waals surface area contributed by atoms with Gasteiger partial charge in [-0.05, 0) is 38.0 Å². The molecule has 1 N–H and O–H groups in total. The number of β-amino-alcohol motifs (C(OH)–C–C–N with tert-alkyl or cyclic N) is 1. The molecule has 1 aromatic rings. The van der Waals surface area contributed by atoms with E-state index in [9.17, 15) is 9.90 Å². The van der Waals surface area contributed by atoms with Gasteiger partial charge in [-0.25, -0.2) is 9.97 Å². The van der Waals surface area contributed by atoms with Gasteiger partial charge in [-0.1, -0.05) is 6.92 Å². The van der Waals surface area contributed by atoms with E-state index in [0.717, 1.165) is 69.1 Å². The number of aliphatic hydroxyl groups is 1. The van der Waals surface area contributed by atoms with Gasteiger partial charge in [-0.2, -0.15) is 0 Å². The molecule has 2 aliphatic heterocycles. The Kier molecular flexibility index (Phi) is 5.57. The van der Waals surface area contributed by atoms with Crippen LogP contribution >= 0.6 is 0 Å². The summed E-state index contributed by atoms with van der Waals surface area (Å²) in [6.07, 6.45) is 5.73. The van der Waals surface area contributed by atoms with Crippen molar-refractivity contribution in [3.63, 3.8) is 0 Å². The molecule has 138 valence electrons. The maximum absolute atomic E-state index is 12.0. The SMILES string of the molecule is CCCc1nc(C)cc(N2CCC3(CCC(=O)N(CCO)C3)CC2)n1. The molecule has 0 aliphatic carbocycles. The van der Waals surface area contributed by atoms with E-state index >= 15 is 0 Å². The van der Waals surface area contributed by atoms with Gasteiger partial charge in [-0.15, -0.1) is 0 Å². The number of rotatable bonds is 5. The van der Waals surface area contributed by atoms with Crippen LogP contribution < -0.4 is 4.90 Å². The van der Waals surface area contributed by atoms with Crippen molar-refractivity contribution < 1.29 is 9.90 Å². The number of anilines is 1. The quantitative estimate of drug-likeness (QED) is 0.882. The number of likely N-dealkylation sites (tertiary alicyclic amines) is 1. The van der Waals surface area contributed by atoms with E-state index in [2.05, 4.69) is 22.9 Å². The van der Waals surface area contributed by atoms with Crippen LogP contribution in [0.2, 0.25) is 0 Å². The second kappa shape index (κ2) is 7.68. The van der Waals surface area contributed by atoms with Crippen molar-refractivity contribution in [3.8, 4) is 0 Å². The van der Waals surface area contributed by atoms with Crippen molar-refractivity contribution in [2.24, 2.45) is 5.41 Å². The molecule has 3 rings (SSSR count). The van der Waals surface area contributed by atoms with Crippen molar-refractivity contribution >= 4 is 11.7 Å². The van der Waals surface area contributed by atoms with Crippen LogP contribution in [0, 0.1) is 12.3 Å². The van der Waals surface area contributed by atoms with E-state index in [1.807, 2.05) is 11.8 Å². The monoisotopic (exact) mass is 346 g/mol. The summed E-state index contributed by atoms with van der Waals surface area (Å²) in [5, 5.41) is 9.19. The van der Waals surface area contributed by atoms with Crippen LogP contribution in [-0.4, -0.2) is 58.7 Å². The Hall–Kier alpha value is -1.69. The third-order valence-electron chi connectivity index (χ3n) is 5.63. The lowest BCUT2D eigenvalue weighted by molar-refractivity contribution is -0.138. The van der Waals surface area contributed by atoms with E-state index < -0.39 is 0 Å². The number of amides is 1. The molecular weight excluding hydrogens is 316 g/mol. The molecule has 1 aromatic heterocycles. The average Bonchev–Trinajstić information content (AvgIpc) is 2.59. The van der Waals surface area contributed by atoms with Gasteiger partial charge in [0.1, 0.15) is 11.6 Å². The summed E-state index contributed by atoms with van der Waals surface area (Å²) >= 11 is 0. The number of nitrogens with zero attached hydrogens (tertiary/aromatic N) is 4. The van der Waals surface area contributed by atoms with E-state index in [4.69, 9.17) is 4.98 Å². The number of hydrogen-bond donors (Lipinski definition) is 1. The van der Waals surface area contributed by atoms with Crippen molar-refractivity contribution in [2.45, 2.75) is 52.4 Å². The Morgan fingerprint density at radius 2 is 2.00 bits per heavy atom. The van der Waals surface area contributed by atoms with Gasteiger partial charge in [0.15, 0.2) is 0 Å². The lowest BCUT2D eigenvalue weighted by Crippen LogP contribution is -2.52. The highest BCUT2D eigenvalue weighted by molar-refractivity contribution is 5.77. The van der Waals surface area contributed by atoms with Crippen LogP contribution in [0.5, 0.6) is 0 Å². The zero-order valence-corrected chi connectivity index (χ0v) is 15.5. The number of aliphatic hydroxyl groups excluding tert-OH is 1. The van der Waals surface area contributed by atoms with E-state index in [1.54, 1.807) is 0 Å². The topological polar surface area (TPSA) is 69.6 Å². The standard InChI is InChI=1S/C19H30N4O2/c1-3-4-16-20-15(2)13-17(21-16)22-9-7-19(8-10-22)6-5-18(25)23(14-19)11-12-24/h13,24H,3-12,14H2,1-2H3. The molecule has 0 unspecified atom stereocenters. The Bertz CT molecular complexity index is 611. The van der Waals surface area contributed by atoms with Gasteiger partial charge in [0.05, 0.1) is 6.61 Å². The first kappa shape index (κ1) is 18.1. The molecule has 2 aliphatic rings. The van der Waals surface area contributed by atoms with Crippen molar-refractivity contribution in [1.29, 1.82) is 0 Å². The Balaban J connectivity index is 1.66. The summed E-state index contributed by atoms with van der Waals surface area (Å²) in [5.74, 6) is 2.18. The number of piperidine rings is 2. The molecule has 25 heavy (non-hydrogen) atoms. The first-order chi connectivity index (χ1) is 12.0. The van der Waals surface area contributed by atoms with Gasteiger partial charge >= 0.3 is 0 Å². The number of aromatic nitrogens is 2. The highest BCUT2D eigenvalue weighted by Gasteiger charge is 2.41. The lowest BCUT2D eigenvalue weighted by atomic mass is 9.72. The molecule has 6 heteroatoms. The Labute approximate surface area is 150 Å². The molecule has 0 radical (unpaired) electrons. The Morgan fingerprint density at radius 3 is 2.68 bits per heavy atom. The summed E-state index contributed by atoms with van der Waals surface area (Å²) in [6.45, 7) is 7.45. The number of hydrogen-bond acceptors (Lipinski definition) is 5. The van der Waals surface area contributed by atoms with E-state index in [-0.39, 0.29) is 17.9 Å². The van der Waals surface area contributed by atoms with Gasteiger partial charge in [0.25, 0.3) is 0 Å². The second-order valence-electron chi connectivity index (χ2n) is 7.56. The maximum atomic E-state index is 12.0. The minimum atomic E-state index is 0.0500. The van der Waals surface area contributed by atoms with Crippen molar-refractivity contribution in [3.05, 3.63) is 17.6 Å². The van der Waals surface area contributed by atoms with Gasteiger partial charge < -0.3 is 14.9 Å². The summed E-state index contributed by atoms with van der Waals surface area (Å²) in [5.41, 5.74) is 1.25. The highest BCUT2D eigenvalue weighted by atomic mass is 16.3. The minimum Gasteiger partial charge on any atom is -0.395 e. The molecule has 1 amide bonds. The first-order valence-electron chi connectivity index (χ1n) is 9.53. The molecule has 3 heterocycles. The zero-order valence-electron chi connectivity index (χ0n) is 15.5. The largest absolute Gasteiger partial charge is 0.395 e. The third kappa shape index (κ3) is 4.11.